The summed E-state index contributed by atoms with van der Waals surface area (Å²) in [6.07, 6.45) is 7.08. The number of aromatic nitrogens is 2. The van der Waals surface area contributed by atoms with Crippen LogP contribution < -0.4 is 5.32 Å². The van der Waals surface area contributed by atoms with Gasteiger partial charge < -0.3 is 9.73 Å². The quantitative estimate of drug-likeness (QED) is 0.937. The number of rotatable bonds is 4. The van der Waals surface area contributed by atoms with Crippen LogP contribution in [-0.2, 0) is 5.75 Å². The van der Waals surface area contributed by atoms with E-state index in [1.807, 2.05) is 12.3 Å². The Morgan fingerprint density at radius 2 is 2.19 bits per heavy atom. The fraction of sp³-hybridized carbons (Fsp3) is 0.200. The van der Waals surface area contributed by atoms with Gasteiger partial charge in [0.05, 0.1) is 15.9 Å². The minimum Gasteiger partial charge on any atom is -0.466 e. The molecule has 0 saturated heterocycles. The summed E-state index contributed by atoms with van der Waals surface area (Å²) in [5, 5.41) is 3.06. The molecule has 0 aliphatic rings. The van der Waals surface area contributed by atoms with Crippen molar-refractivity contribution in [2.45, 2.75) is 5.75 Å². The van der Waals surface area contributed by atoms with E-state index in [0.29, 0.717) is 5.95 Å². The number of hydrogen-bond donors (Lipinski definition) is 1. The summed E-state index contributed by atoms with van der Waals surface area (Å²) in [4.78, 5) is 8.23. The Hall–Kier alpha value is -1.01. The first-order chi connectivity index (χ1) is 7.78. The van der Waals surface area contributed by atoms with Crippen LogP contribution in [0.2, 0.25) is 0 Å². The summed E-state index contributed by atoms with van der Waals surface area (Å²) in [6, 6.07) is 1.95. The van der Waals surface area contributed by atoms with Crippen molar-refractivity contribution in [3.8, 4) is 0 Å². The summed E-state index contributed by atoms with van der Waals surface area (Å²) >= 11 is 5.00. The normalized spacial score (nSPS) is 10.4. The molecular formula is C10H10BrN3OS. The van der Waals surface area contributed by atoms with Crippen LogP contribution in [0.1, 0.15) is 5.76 Å². The van der Waals surface area contributed by atoms with Gasteiger partial charge in [-0.1, -0.05) is 0 Å². The second-order valence-electron chi connectivity index (χ2n) is 3.08. The zero-order valence-corrected chi connectivity index (χ0v) is 11.0. The molecule has 1 N–H and O–H groups in total. The first-order valence-electron chi connectivity index (χ1n) is 4.59. The lowest BCUT2D eigenvalue weighted by atomic mass is 10.4. The van der Waals surface area contributed by atoms with E-state index < -0.39 is 0 Å². The van der Waals surface area contributed by atoms with Crippen molar-refractivity contribution < 1.29 is 4.42 Å². The molecule has 2 aromatic rings. The molecule has 6 heteroatoms. The Bertz CT molecular complexity index is 457. The van der Waals surface area contributed by atoms with Crippen LogP contribution >= 0.6 is 27.7 Å². The largest absolute Gasteiger partial charge is 0.466 e. The number of nitrogens with one attached hydrogen (secondary N) is 1. The second-order valence-corrected chi connectivity index (χ2v) is 4.87. The molecule has 2 aromatic heterocycles. The minimum atomic E-state index is 0.555. The summed E-state index contributed by atoms with van der Waals surface area (Å²) in [5.41, 5.74) is 0.867. The third-order valence-corrected chi connectivity index (χ3v) is 2.80. The van der Waals surface area contributed by atoms with Crippen LogP contribution in [0.3, 0.4) is 0 Å². The molecule has 0 aliphatic heterocycles. The number of furan rings is 1. The molecule has 84 valence electrons. The molecule has 4 nitrogen and oxygen atoms in total. The van der Waals surface area contributed by atoms with Crippen molar-refractivity contribution >= 4 is 39.3 Å². The molecule has 0 saturated carbocycles. The number of nitrogens with zero attached hydrogens (tertiary/aromatic N) is 2. The number of hydrogen-bond acceptors (Lipinski definition) is 5. The van der Waals surface area contributed by atoms with Crippen LogP contribution in [0.5, 0.6) is 0 Å². The molecule has 0 aromatic carbocycles. The van der Waals surface area contributed by atoms with Gasteiger partial charge in [0, 0.05) is 18.5 Å². The molecule has 0 radical (unpaired) electrons. The highest BCUT2D eigenvalue weighted by Gasteiger charge is 2.02. The first-order valence-corrected chi connectivity index (χ1v) is 6.77. The Morgan fingerprint density at radius 3 is 2.88 bits per heavy atom. The van der Waals surface area contributed by atoms with Gasteiger partial charge in [-0.3, -0.25) is 0 Å². The molecule has 0 unspecified atom stereocenters. The van der Waals surface area contributed by atoms with E-state index in [1.165, 1.54) is 0 Å². The van der Waals surface area contributed by atoms with Gasteiger partial charge in [-0.25, -0.2) is 9.97 Å². The number of anilines is 2. The predicted molar refractivity (Wildman–Crippen MR) is 68.9 cm³/mol. The average molecular weight is 300 g/mol. The van der Waals surface area contributed by atoms with Gasteiger partial charge in [0.1, 0.15) is 12.0 Å². The summed E-state index contributed by atoms with van der Waals surface area (Å²) < 4.78 is 6.21. The highest BCUT2D eigenvalue weighted by molar-refractivity contribution is 9.10. The standard InChI is InChI=1S/C10H10BrN3OS/c1-16-6-9-2-8(5-15-9)14-10-12-3-7(11)4-13-10/h2-5H,6H2,1H3,(H,12,13,14). The summed E-state index contributed by atoms with van der Waals surface area (Å²) in [7, 11) is 0. The first kappa shape index (κ1) is 11.5. The van der Waals surface area contributed by atoms with Gasteiger partial charge in [0.2, 0.25) is 5.95 Å². The van der Waals surface area contributed by atoms with Gasteiger partial charge in [-0.15, -0.1) is 0 Å². The molecule has 16 heavy (non-hydrogen) atoms. The lowest BCUT2D eigenvalue weighted by molar-refractivity contribution is 0.531. The van der Waals surface area contributed by atoms with E-state index in [2.05, 4.69) is 31.2 Å². The van der Waals surface area contributed by atoms with E-state index >= 15 is 0 Å². The second kappa shape index (κ2) is 5.36. The van der Waals surface area contributed by atoms with Crippen LogP contribution in [0.25, 0.3) is 0 Å². The SMILES string of the molecule is CSCc1cc(Nc2ncc(Br)cn2)co1. The fourth-order valence-corrected chi connectivity index (χ4v) is 1.81. The predicted octanol–water partition coefficient (Wildman–Crippen LogP) is 3.44. The van der Waals surface area contributed by atoms with Crippen LogP contribution in [-0.4, -0.2) is 16.2 Å². The smallest absolute Gasteiger partial charge is 0.227 e. The van der Waals surface area contributed by atoms with Gasteiger partial charge >= 0.3 is 0 Å². The maximum atomic E-state index is 5.35. The Balaban J connectivity index is 2.05. The van der Waals surface area contributed by atoms with Gasteiger partial charge in [0.25, 0.3) is 0 Å². The molecule has 2 rings (SSSR count). The summed E-state index contributed by atoms with van der Waals surface area (Å²) in [5.74, 6) is 2.36. The van der Waals surface area contributed by atoms with Crippen LogP contribution in [0.4, 0.5) is 11.6 Å². The summed E-state index contributed by atoms with van der Waals surface area (Å²) in [6.45, 7) is 0. The average Bonchev–Trinajstić information content (AvgIpc) is 2.70. The Labute approximate surface area is 106 Å². The van der Waals surface area contributed by atoms with E-state index in [-0.39, 0.29) is 0 Å². The molecule has 0 bridgehead atoms. The lowest BCUT2D eigenvalue weighted by Crippen LogP contribution is -1.94. The van der Waals surface area contributed by atoms with Crippen LogP contribution in [0.15, 0.2) is 33.6 Å². The third kappa shape index (κ3) is 2.99. The molecule has 0 amide bonds. The Kier molecular flexibility index (Phi) is 3.84. The monoisotopic (exact) mass is 299 g/mol. The molecule has 0 atom stereocenters. The van der Waals surface area contributed by atoms with Crippen LogP contribution in [0, 0.1) is 0 Å². The van der Waals surface area contributed by atoms with Crippen molar-refractivity contribution in [1.82, 2.24) is 9.97 Å². The Morgan fingerprint density at radius 1 is 1.44 bits per heavy atom. The molecular weight excluding hydrogens is 290 g/mol. The number of halogens is 1. The minimum absolute atomic E-state index is 0.555. The highest BCUT2D eigenvalue weighted by Crippen LogP contribution is 2.19. The maximum absolute atomic E-state index is 5.35. The van der Waals surface area contributed by atoms with Crippen molar-refractivity contribution in [3.63, 3.8) is 0 Å². The zero-order valence-electron chi connectivity index (χ0n) is 8.61. The van der Waals surface area contributed by atoms with E-state index in [4.69, 9.17) is 4.42 Å². The van der Waals surface area contributed by atoms with Crippen molar-refractivity contribution in [2.75, 3.05) is 11.6 Å². The topological polar surface area (TPSA) is 51.0 Å². The zero-order chi connectivity index (χ0) is 11.4. The maximum Gasteiger partial charge on any atom is 0.227 e. The van der Waals surface area contributed by atoms with Crippen molar-refractivity contribution in [3.05, 3.63) is 35.0 Å². The third-order valence-electron chi connectivity index (χ3n) is 1.82. The van der Waals surface area contributed by atoms with Gasteiger partial charge in [-0.2, -0.15) is 11.8 Å². The van der Waals surface area contributed by atoms with E-state index in [9.17, 15) is 0 Å². The molecule has 0 aliphatic carbocycles. The van der Waals surface area contributed by atoms with Crippen molar-refractivity contribution in [2.24, 2.45) is 0 Å². The van der Waals surface area contributed by atoms with Gasteiger partial charge in [0.15, 0.2) is 0 Å². The fourth-order valence-electron chi connectivity index (χ4n) is 1.17. The van der Waals surface area contributed by atoms with Crippen molar-refractivity contribution in [1.29, 1.82) is 0 Å². The number of thioether (sulfide) groups is 1. The molecule has 2 heterocycles. The molecule has 0 spiro atoms. The molecule has 0 fully saturated rings. The highest BCUT2D eigenvalue weighted by atomic mass is 79.9. The lowest BCUT2D eigenvalue weighted by Gasteiger charge is -1.99. The van der Waals surface area contributed by atoms with Gasteiger partial charge in [-0.05, 0) is 22.2 Å². The van der Waals surface area contributed by atoms with E-state index in [1.54, 1.807) is 30.4 Å². The van der Waals surface area contributed by atoms with E-state index in [0.717, 1.165) is 21.7 Å².